The number of carboxylic acid groups (broad SMARTS) is 1. The SMILES string of the molecule is CCCCC(NC(=O)c1cc(F)ccc1N)C(=O)O. The van der Waals surface area contributed by atoms with E-state index in [1.54, 1.807) is 0 Å². The van der Waals surface area contributed by atoms with E-state index in [1.165, 1.54) is 6.07 Å². The summed E-state index contributed by atoms with van der Waals surface area (Å²) in [6, 6.07) is 2.41. The highest BCUT2D eigenvalue weighted by Crippen LogP contribution is 2.14. The van der Waals surface area contributed by atoms with Crippen molar-refractivity contribution >= 4 is 17.6 Å². The fraction of sp³-hybridized carbons (Fsp3) is 0.385. The average molecular weight is 268 g/mol. The minimum atomic E-state index is -1.11. The molecule has 0 aliphatic carbocycles. The molecular weight excluding hydrogens is 251 g/mol. The van der Waals surface area contributed by atoms with Gasteiger partial charge in [0.1, 0.15) is 11.9 Å². The molecule has 1 aromatic carbocycles. The summed E-state index contributed by atoms with van der Waals surface area (Å²) in [5.74, 6) is -2.39. The molecule has 1 unspecified atom stereocenters. The van der Waals surface area contributed by atoms with Gasteiger partial charge >= 0.3 is 5.97 Å². The summed E-state index contributed by atoms with van der Waals surface area (Å²) in [5, 5.41) is 11.3. The molecule has 1 amide bonds. The molecule has 104 valence electrons. The lowest BCUT2D eigenvalue weighted by molar-refractivity contribution is -0.139. The molecule has 0 radical (unpaired) electrons. The Morgan fingerprint density at radius 3 is 2.74 bits per heavy atom. The van der Waals surface area contributed by atoms with Crippen LogP contribution in [0.3, 0.4) is 0 Å². The van der Waals surface area contributed by atoms with E-state index in [-0.39, 0.29) is 11.3 Å². The third-order valence-corrected chi connectivity index (χ3v) is 2.71. The van der Waals surface area contributed by atoms with Gasteiger partial charge in [-0.3, -0.25) is 4.79 Å². The topological polar surface area (TPSA) is 92.4 Å². The Morgan fingerprint density at radius 1 is 1.47 bits per heavy atom. The molecule has 0 aromatic heterocycles. The second kappa shape index (κ2) is 6.72. The van der Waals surface area contributed by atoms with Crippen molar-refractivity contribution in [3.05, 3.63) is 29.6 Å². The number of carbonyl (C=O) groups excluding carboxylic acids is 1. The van der Waals surface area contributed by atoms with E-state index < -0.39 is 23.7 Å². The number of amides is 1. The zero-order valence-corrected chi connectivity index (χ0v) is 10.6. The molecule has 0 aliphatic heterocycles. The number of carbonyl (C=O) groups is 2. The van der Waals surface area contributed by atoms with Gasteiger partial charge in [0.25, 0.3) is 5.91 Å². The van der Waals surface area contributed by atoms with Crippen molar-refractivity contribution in [2.45, 2.75) is 32.2 Å². The number of nitrogens with two attached hydrogens (primary N) is 1. The Morgan fingerprint density at radius 2 is 2.16 bits per heavy atom. The zero-order valence-electron chi connectivity index (χ0n) is 10.6. The molecule has 5 nitrogen and oxygen atoms in total. The third kappa shape index (κ3) is 4.24. The van der Waals surface area contributed by atoms with Crippen LogP contribution in [0.4, 0.5) is 10.1 Å². The normalized spacial score (nSPS) is 11.9. The van der Waals surface area contributed by atoms with Crippen LogP contribution in [0, 0.1) is 5.82 Å². The summed E-state index contributed by atoms with van der Waals surface area (Å²) in [4.78, 5) is 22.9. The van der Waals surface area contributed by atoms with Crippen molar-refractivity contribution in [3.8, 4) is 0 Å². The second-order valence-corrected chi connectivity index (χ2v) is 4.24. The maximum Gasteiger partial charge on any atom is 0.326 e. The van der Waals surface area contributed by atoms with E-state index >= 15 is 0 Å². The van der Waals surface area contributed by atoms with Crippen molar-refractivity contribution in [1.29, 1.82) is 0 Å². The fourth-order valence-electron chi connectivity index (χ4n) is 1.63. The summed E-state index contributed by atoms with van der Waals surface area (Å²) in [7, 11) is 0. The predicted molar refractivity (Wildman–Crippen MR) is 69.2 cm³/mol. The smallest absolute Gasteiger partial charge is 0.326 e. The van der Waals surface area contributed by atoms with Gasteiger partial charge in [-0.15, -0.1) is 0 Å². The summed E-state index contributed by atoms with van der Waals surface area (Å²) >= 11 is 0. The second-order valence-electron chi connectivity index (χ2n) is 4.24. The molecule has 0 bridgehead atoms. The molecule has 0 heterocycles. The molecule has 1 rings (SSSR count). The van der Waals surface area contributed by atoms with Gasteiger partial charge in [0.05, 0.1) is 5.56 Å². The van der Waals surface area contributed by atoms with E-state index in [0.717, 1.165) is 18.6 Å². The van der Waals surface area contributed by atoms with Crippen molar-refractivity contribution in [1.82, 2.24) is 5.32 Å². The van der Waals surface area contributed by atoms with Crippen molar-refractivity contribution in [3.63, 3.8) is 0 Å². The Balaban J connectivity index is 2.81. The van der Waals surface area contributed by atoms with Crippen LogP contribution in [0.5, 0.6) is 0 Å². The van der Waals surface area contributed by atoms with Gasteiger partial charge in [-0.05, 0) is 24.6 Å². The number of nitrogens with one attached hydrogen (secondary N) is 1. The standard InChI is InChI=1S/C13H17FN2O3/c1-2-3-4-11(13(18)19)16-12(17)9-7-8(14)5-6-10(9)15/h5-7,11H,2-4,15H2,1H3,(H,16,17)(H,18,19). The number of nitrogen functional groups attached to an aromatic ring is 1. The number of aliphatic carboxylic acids is 1. The van der Waals surface area contributed by atoms with Crippen LogP contribution >= 0.6 is 0 Å². The van der Waals surface area contributed by atoms with Crippen molar-refractivity contribution < 1.29 is 19.1 Å². The van der Waals surface area contributed by atoms with E-state index in [1.807, 2.05) is 6.92 Å². The number of anilines is 1. The lowest BCUT2D eigenvalue weighted by Gasteiger charge is -2.14. The molecule has 1 atom stereocenters. The summed E-state index contributed by atoms with van der Waals surface area (Å²) < 4.78 is 13.1. The first kappa shape index (κ1) is 14.9. The molecule has 6 heteroatoms. The molecule has 0 aliphatic rings. The number of carboxylic acids is 1. The fourth-order valence-corrected chi connectivity index (χ4v) is 1.63. The molecule has 0 saturated heterocycles. The molecule has 0 saturated carbocycles. The van der Waals surface area contributed by atoms with Gasteiger partial charge in [-0.2, -0.15) is 0 Å². The maximum atomic E-state index is 13.1. The highest BCUT2D eigenvalue weighted by molar-refractivity contribution is 6.00. The lowest BCUT2D eigenvalue weighted by atomic mass is 10.1. The summed E-state index contributed by atoms with van der Waals surface area (Å²) in [6.45, 7) is 1.92. The predicted octanol–water partition coefficient (Wildman–Crippen LogP) is 1.78. The lowest BCUT2D eigenvalue weighted by Crippen LogP contribution is -2.41. The summed E-state index contributed by atoms with van der Waals surface area (Å²) in [5.41, 5.74) is 5.62. The Labute approximate surface area is 110 Å². The van der Waals surface area contributed by atoms with Gasteiger partial charge in [0.15, 0.2) is 0 Å². The van der Waals surface area contributed by atoms with Crippen LogP contribution in [0.2, 0.25) is 0 Å². The van der Waals surface area contributed by atoms with Crippen LogP contribution in [-0.2, 0) is 4.79 Å². The minimum Gasteiger partial charge on any atom is -0.480 e. The Hall–Kier alpha value is -2.11. The Bertz CT molecular complexity index is 477. The van der Waals surface area contributed by atoms with Gasteiger partial charge < -0.3 is 16.2 Å². The van der Waals surface area contributed by atoms with Crippen LogP contribution in [0.15, 0.2) is 18.2 Å². The van der Waals surface area contributed by atoms with E-state index in [2.05, 4.69) is 5.32 Å². The van der Waals surface area contributed by atoms with Crippen molar-refractivity contribution in [2.75, 3.05) is 5.73 Å². The molecule has 4 N–H and O–H groups in total. The van der Waals surface area contributed by atoms with Crippen molar-refractivity contribution in [2.24, 2.45) is 0 Å². The molecule has 0 spiro atoms. The monoisotopic (exact) mass is 268 g/mol. The first-order valence-electron chi connectivity index (χ1n) is 6.04. The quantitative estimate of drug-likeness (QED) is 0.686. The molecule has 0 fully saturated rings. The number of halogens is 1. The average Bonchev–Trinajstić information content (AvgIpc) is 2.36. The first-order chi connectivity index (χ1) is 8.95. The number of rotatable bonds is 6. The summed E-state index contributed by atoms with van der Waals surface area (Å²) in [6.07, 6.45) is 1.82. The highest BCUT2D eigenvalue weighted by atomic mass is 19.1. The van der Waals surface area contributed by atoms with E-state index in [0.29, 0.717) is 12.8 Å². The van der Waals surface area contributed by atoms with E-state index in [9.17, 15) is 14.0 Å². The zero-order chi connectivity index (χ0) is 14.4. The largest absolute Gasteiger partial charge is 0.480 e. The molecule has 1 aromatic rings. The Kier molecular flexibility index (Phi) is 5.29. The number of hydrogen-bond donors (Lipinski definition) is 3. The number of benzene rings is 1. The minimum absolute atomic E-state index is 0.0530. The number of hydrogen-bond acceptors (Lipinski definition) is 3. The van der Waals surface area contributed by atoms with E-state index in [4.69, 9.17) is 10.8 Å². The maximum absolute atomic E-state index is 13.1. The van der Waals surface area contributed by atoms with Gasteiger partial charge in [-0.25, -0.2) is 9.18 Å². The molecule has 19 heavy (non-hydrogen) atoms. The first-order valence-corrected chi connectivity index (χ1v) is 6.04. The van der Waals surface area contributed by atoms with Crippen LogP contribution in [0.1, 0.15) is 36.5 Å². The van der Waals surface area contributed by atoms with Crippen LogP contribution in [-0.4, -0.2) is 23.0 Å². The number of unbranched alkanes of at least 4 members (excludes halogenated alkanes) is 1. The van der Waals surface area contributed by atoms with Crippen LogP contribution in [0.25, 0.3) is 0 Å². The molecular formula is C13H17FN2O3. The van der Waals surface area contributed by atoms with Crippen LogP contribution < -0.4 is 11.1 Å². The van der Waals surface area contributed by atoms with Gasteiger partial charge in [0, 0.05) is 5.69 Å². The van der Waals surface area contributed by atoms with Gasteiger partial charge in [-0.1, -0.05) is 19.8 Å². The highest BCUT2D eigenvalue weighted by Gasteiger charge is 2.21. The third-order valence-electron chi connectivity index (χ3n) is 2.71. The van der Waals surface area contributed by atoms with Gasteiger partial charge in [0.2, 0.25) is 0 Å².